The lowest BCUT2D eigenvalue weighted by Gasteiger charge is -2.35. The third-order valence-corrected chi connectivity index (χ3v) is 7.45. The standard InChI is InChI=1S/C21H30N4O2S/c1-4-25(5-2)28(26,27)20-10-11-21(22-16-20)24-14-12-23(13-15-24)17-19-9-7-6-8-18(19)3/h6-11,16H,4-5,12-15,17H2,1-3H3. The molecule has 1 fully saturated rings. The van der Waals surface area contributed by atoms with Gasteiger partial charge in [-0.1, -0.05) is 38.1 Å². The van der Waals surface area contributed by atoms with Gasteiger partial charge in [0.15, 0.2) is 0 Å². The topological polar surface area (TPSA) is 56.8 Å². The molecule has 2 heterocycles. The normalized spacial score (nSPS) is 15.9. The molecule has 7 heteroatoms. The number of hydrogen-bond donors (Lipinski definition) is 0. The van der Waals surface area contributed by atoms with Crippen LogP contribution in [0.25, 0.3) is 0 Å². The van der Waals surface area contributed by atoms with Gasteiger partial charge >= 0.3 is 0 Å². The average molecular weight is 403 g/mol. The number of hydrogen-bond acceptors (Lipinski definition) is 5. The molecule has 1 aromatic carbocycles. The van der Waals surface area contributed by atoms with E-state index in [0.29, 0.717) is 13.1 Å². The van der Waals surface area contributed by atoms with Crippen molar-refractivity contribution in [3.63, 3.8) is 0 Å². The van der Waals surface area contributed by atoms with Gasteiger partial charge in [0.2, 0.25) is 10.0 Å². The van der Waals surface area contributed by atoms with Crippen molar-refractivity contribution >= 4 is 15.8 Å². The Labute approximate surface area is 168 Å². The third kappa shape index (κ3) is 4.54. The summed E-state index contributed by atoms with van der Waals surface area (Å²) in [5.41, 5.74) is 2.71. The van der Waals surface area contributed by atoms with E-state index in [1.807, 2.05) is 19.9 Å². The summed E-state index contributed by atoms with van der Waals surface area (Å²) in [5.74, 6) is 0.842. The molecule has 0 N–H and O–H groups in total. The van der Waals surface area contributed by atoms with E-state index < -0.39 is 10.0 Å². The Hall–Kier alpha value is -1.96. The molecule has 1 aromatic heterocycles. The number of anilines is 1. The fourth-order valence-electron chi connectivity index (χ4n) is 3.59. The summed E-state index contributed by atoms with van der Waals surface area (Å²) in [6, 6.07) is 12.0. The molecule has 2 aromatic rings. The number of rotatable bonds is 7. The molecule has 1 aliphatic heterocycles. The van der Waals surface area contributed by atoms with E-state index in [1.165, 1.54) is 21.6 Å². The first kappa shape index (κ1) is 20.8. The van der Waals surface area contributed by atoms with Gasteiger partial charge in [-0.2, -0.15) is 4.31 Å². The van der Waals surface area contributed by atoms with Gasteiger partial charge in [0, 0.05) is 52.0 Å². The highest BCUT2D eigenvalue weighted by Gasteiger charge is 2.23. The molecule has 28 heavy (non-hydrogen) atoms. The Morgan fingerprint density at radius 2 is 1.68 bits per heavy atom. The Bertz CT molecular complexity index is 872. The third-order valence-electron chi connectivity index (χ3n) is 5.42. The fraction of sp³-hybridized carbons (Fsp3) is 0.476. The number of benzene rings is 1. The van der Waals surface area contributed by atoms with E-state index in [-0.39, 0.29) is 4.90 Å². The van der Waals surface area contributed by atoms with Crippen molar-refractivity contribution < 1.29 is 8.42 Å². The summed E-state index contributed by atoms with van der Waals surface area (Å²) in [4.78, 5) is 9.39. The second kappa shape index (κ2) is 9.03. The summed E-state index contributed by atoms with van der Waals surface area (Å²) < 4.78 is 26.6. The highest BCUT2D eigenvalue weighted by atomic mass is 32.2. The van der Waals surface area contributed by atoms with Crippen molar-refractivity contribution in [3.05, 3.63) is 53.7 Å². The molecule has 0 saturated carbocycles. The van der Waals surface area contributed by atoms with Gasteiger partial charge in [0.1, 0.15) is 10.7 Å². The molecule has 0 spiro atoms. The van der Waals surface area contributed by atoms with Crippen molar-refractivity contribution in [3.8, 4) is 0 Å². The maximum absolute atomic E-state index is 12.6. The van der Waals surface area contributed by atoms with Crippen LogP contribution in [0.2, 0.25) is 0 Å². The van der Waals surface area contributed by atoms with Crippen molar-refractivity contribution in [1.29, 1.82) is 0 Å². The molecule has 152 valence electrons. The summed E-state index contributed by atoms with van der Waals surface area (Å²) in [5, 5.41) is 0. The first-order chi connectivity index (χ1) is 13.5. The zero-order chi connectivity index (χ0) is 20.1. The van der Waals surface area contributed by atoms with E-state index >= 15 is 0 Å². The minimum atomic E-state index is -3.45. The Balaban J connectivity index is 1.61. The number of sulfonamides is 1. The number of aryl methyl sites for hydroxylation is 1. The van der Waals surface area contributed by atoms with Crippen LogP contribution in [0.1, 0.15) is 25.0 Å². The second-order valence-electron chi connectivity index (χ2n) is 7.13. The van der Waals surface area contributed by atoms with Crippen LogP contribution in [-0.2, 0) is 16.6 Å². The van der Waals surface area contributed by atoms with Crippen LogP contribution in [-0.4, -0.2) is 61.9 Å². The van der Waals surface area contributed by atoms with Crippen molar-refractivity contribution in [2.24, 2.45) is 0 Å². The number of pyridine rings is 1. The summed E-state index contributed by atoms with van der Waals surface area (Å²) in [6.45, 7) is 11.5. The molecule has 0 aliphatic carbocycles. The molecule has 0 bridgehead atoms. The van der Waals surface area contributed by atoms with Crippen LogP contribution in [0, 0.1) is 6.92 Å². The molecule has 0 atom stereocenters. The molecule has 1 aliphatic rings. The fourth-order valence-corrected chi connectivity index (χ4v) is 4.99. The summed E-state index contributed by atoms with van der Waals surface area (Å²) in [6.07, 6.45) is 1.49. The molecular formula is C21H30N4O2S. The highest BCUT2D eigenvalue weighted by Crippen LogP contribution is 2.20. The van der Waals surface area contributed by atoms with E-state index in [4.69, 9.17) is 0 Å². The molecule has 0 radical (unpaired) electrons. The maximum atomic E-state index is 12.6. The number of piperazine rings is 1. The van der Waals surface area contributed by atoms with Crippen LogP contribution < -0.4 is 4.90 Å². The monoisotopic (exact) mass is 402 g/mol. The van der Waals surface area contributed by atoms with Crippen molar-refractivity contribution in [2.45, 2.75) is 32.2 Å². The Morgan fingerprint density at radius 1 is 1.00 bits per heavy atom. The largest absolute Gasteiger partial charge is 0.354 e. The molecule has 6 nitrogen and oxygen atoms in total. The smallest absolute Gasteiger partial charge is 0.244 e. The SMILES string of the molecule is CCN(CC)S(=O)(=O)c1ccc(N2CCN(Cc3ccccc3C)CC2)nc1. The van der Waals surface area contributed by atoms with E-state index in [9.17, 15) is 8.42 Å². The van der Waals surface area contributed by atoms with Crippen LogP contribution >= 0.6 is 0 Å². The summed E-state index contributed by atoms with van der Waals surface area (Å²) >= 11 is 0. The van der Waals surface area contributed by atoms with Crippen LogP contribution in [0.4, 0.5) is 5.82 Å². The first-order valence-electron chi connectivity index (χ1n) is 9.93. The van der Waals surface area contributed by atoms with Crippen molar-refractivity contribution in [1.82, 2.24) is 14.2 Å². The van der Waals surface area contributed by atoms with Crippen LogP contribution in [0.15, 0.2) is 47.5 Å². The molecule has 1 saturated heterocycles. The Kier molecular flexibility index (Phi) is 6.69. The van der Waals surface area contributed by atoms with Gasteiger partial charge < -0.3 is 4.90 Å². The van der Waals surface area contributed by atoms with Gasteiger partial charge in [0.25, 0.3) is 0 Å². The molecule has 3 rings (SSSR count). The Morgan fingerprint density at radius 3 is 2.25 bits per heavy atom. The number of aromatic nitrogens is 1. The van der Waals surface area contributed by atoms with Gasteiger partial charge in [0.05, 0.1) is 0 Å². The van der Waals surface area contributed by atoms with Crippen molar-refractivity contribution in [2.75, 3.05) is 44.2 Å². The van der Waals surface area contributed by atoms with E-state index in [1.54, 1.807) is 6.07 Å². The maximum Gasteiger partial charge on any atom is 0.244 e. The molecule has 0 amide bonds. The molecule has 0 unspecified atom stereocenters. The predicted molar refractivity (Wildman–Crippen MR) is 113 cm³/mol. The van der Waals surface area contributed by atoms with Gasteiger partial charge in [-0.15, -0.1) is 0 Å². The second-order valence-corrected chi connectivity index (χ2v) is 9.07. The predicted octanol–water partition coefficient (Wildman–Crippen LogP) is 2.74. The zero-order valence-corrected chi connectivity index (χ0v) is 17.8. The van der Waals surface area contributed by atoms with Gasteiger partial charge in [-0.3, -0.25) is 4.90 Å². The minimum absolute atomic E-state index is 0.262. The van der Waals surface area contributed by atoms with Gasteiger partial charge in [-0.25, -0.2) is 13.4 Å². The van der Waals surface area contributed by atoms with E-state index in [2.05, 4.69) is 46.0 Å². The first-order valence-corrected chi connectivity index (χ1v) is 11.4. The lowest BCUT2D eigenvalue weighted by molar-refractivity contribution is 0.249. The summed E-state index contributed by atoms with van der Waals surface area (Å²) in [7, 11) is -3.45. The lowest BCUT2D eigenvalue weighted by Crippen LogP contribution is -2.46. The van der Waals surface area contributed by atoms with Crippen LogP contribution in [0.3, 0.4) is 0 Å². The number of nitrogens with zero attached hydrogens (tertiary/aromatic N) is 4. The lowest BCUT2D eigenvalue weighted by atomic mass is 10.1. The zero-order valence-electron chi connectivity index (χ0n) is 17.0. The molecular weight excluding hydrogens is 372 g/mol. The quantitative estimate of drug-likeness (QED) is 0.713. The van der Waals surface area contributed by atoms with Gasteiger partial charge in [-0.05, 0) is 30.2 Å². The highest BCUT2D eigenvalue weighted by molar-refractivity contribution is 7.89. The van der Waals surface area contributed by atoms with E-state index in [0.717, 1.165) is 38.5 Å². The minimum Gasteiger partial charge on any atom is -0.354 e. The average Bonchev–Trinajstić information content (AvgIpc) is 2.71. The van der Waals surface area contributed by atoms with Crippen LogP contribution in [0.5, 0.6) is 0 Å².